The Labute approximate surface area is 90.2 Å². The van der Waals surface area contributed by atoms with Crippen LogP contribution in [-0.2, 0) is 9.59 Å². The first-order chi connectivity index (χ1) is 7.15. The Kier molecular flexibility index (Phi) is 4.53. The van der Waals surface area contributed by atoms with Gasteiger partial charge in [0.15, 0.2) is 0 Å². The highest BCUT2D eigenvalue weighted by Crippen LogP contribution is 2.33. The Bertz CT molecular complexity index is 268. The molecular formula is C12H17O3-. The van der Waals surface area contributed by atoms with Gasteiger partial charge in [-0.1, -0.05) is 19.1 Å². The van der Waals surface area contributed by atoms with E-state index < -0.39 is 5.97 Å². The summed E-state index contributed by atoms with van der Waals surface area (Å²) >= 11 is 0. The van der Waals surface area contributed by atoms with E-state index >= 15 is 0 Å². The number of rotatable bonds is 5. The highest BCUT2D eigenvalue weighted by molar-refractivity contribution is 5.84. The number of Topliss-reactive ketones (excluding diaryl/α,β-unsaturated/α-hetero) is 1. The third kappa shape index (κ3) is 3.50. The van der Waals surface area contributed by atoms with E-state index in [2.05, 4.69) is 0 Å². The Morgan fingerprint density at radius 1 is 1.53 bits per heavy atom. The Hall–Kier alpha value is -1.12. The standard InChI is InChI=1S/C12H18O3/c1-2-3-4-5-10-9(8-12(14)15)6-7-11(10)13/h3-4,9-10H,2,5-8H2,1H3,(H,14,15)/p-1/b4-3-/t9-,10-/m0/s1. The lowest BCUT2D eigenvalue weighted by molar-refractivity contribution is -0.307. The lowest BCUT2D eigenvalue weighted by Gasteiger charge is -2.17. The topological polar surface area (TPSA) is 57.2 Å². The highest BCUT2D eigenvalue weighted by Gasteiger charge is 2.33. The number of carbonyl (C=O) groups excluding carboxylic acids is 2. The van der Waals surface area contributed by atoms with Crippen molar-refractivity contribution in [3.63, 3.8) is 0 Å². The zero-order valence-electron chi connectivity index (χ0n) is 9.07. The molecule has 3 nitrogen and oxygen atoms in total. The minimum absolute atomic E-state index is 0.0102. The van der Waals surface area contributed by atoms with E-state index in [1.807, 2.05) is 19.1 Å². The second-order valence-electron chi connectivity index (χ2n) is 4.06. The van der Waals surface area contributed by atoms with Crippen molar-refractivity contribution in [3.8, 4) is 0 Å². The molecule has 84 valence electrons. The number of carboxylic acid groups (broad SMARTS) is 1. The van der Waals surface area contributed by atoms with E-state index in [1.54, 1.807) is 0 Å². The van der Waals surface area contributed by atoms with E-state index in [-0.39, 0.29) is 24.0 Å². The molecule has 15 heavy (non-hydrogen) atoms. The van der Waals surface area contributed by atoms with Crippen molar-refractivity contribution < 1.29 is 14.7 Å². The SMILES string of the molecule is CC/C=C\C[C@@H]1C(=O)CC[C@H]1CC(=O)[O-]. The summed E-state index contributed by atoms with van der Waals surface area (Å²) < 4.78 is 0. The first-order valence-electron chi connectivity index (χ1n) is 5.52. The monoisotopic (exact) mass is 209 g/mol. The summed E-state index contributed by atoms with van der Waals surface area (Å²) in [5.74, 6) is -0.934. The molecule has 0 aromatic carbocycles. The summed E-state index contributed by atoms with van der Waals surface area (Å²) in [7, 11) is 0. The molecular weight excluding hydrogens is 192 g/mol. The predicted octanol–water partition coefficient (Wildman–Crippen LogP) is 1.08. The molecule has 0 N–H and O–H groups in total. The number of aliphatic carboxylic acids is 1. The van der Waals surface area contributed by atoms with Gasteiger partial charge in [-0.15, -0.1) is 0 Å². The number of ketones is 1. The summed E-state index contributed by atoms with van der Waals surface area (Å²) in [4.78, 5) is 22.0. The van der Waals surface area contributed by atoms with Gasteiger partial charge in [0, 0.05) is 18.3 Å². The van der Waals surface area contributed by atoms with E-state index in [0.717, 1.165) is 6.42 Å². The van der Waals surface area contributed by atoms with Crippen molar-refractivity contribution in [1.82, 2.24) is 0 Å². The molecule has 0 aromatic rings. The lowest BCUT2D eigenvalue weighted by atomic mass is 9.89. The smallest absolute Gasteiger partial charge is 0.136 e. The maximum Gasteiger partial charge on any atom is 0.136 e. The molecule has 0 unspecified atom stereocenters. The van der Waals surface area contributed by atoms with Crippen LogP contribution in [0.2, 0.25) is 0 Å². The molecule has 1 aliphatic carbocycles. The zero-order valence-corrected chi connectivity index (χ0v) is 9.07. The Morgan fingerprint density at radius 3 is 2.87 bits per heavy atom. The van der Waals surface area contributed by atoms with Crippen molar-refractivity contribution in [2.75, 3.05) is 0 Å². The second-order valence-corrected chi connectivity index (χ2v) is 4.06. The third-order valence-corrected chi connectivity index (χ3v) is 2.97. The number of carbonyl (C=O) groups is 2. The molecule has 0 aliphatic heterocycles. The van der Waals surface area contributed by atoms with Crippen LogP contribution in [0.3, 0.4) is 0 Å². The van der Waals surface area contributed by atoms with Gasteiger partial charge in [0.1, 0.15) is 5.78 Å². The van der Waals surface area contributed by atoms with E-state index in [0.29, 0.717) is 19.3 Å². The molecule has 1 saturated carbocycles. The summed E-state index contributed by atoms with van der Waals surface area (Å²) in [5, 5.41) is 10.5. The van der Waals surface area contributed by atoms with Crippen molar-refractivity contribution >= 4 is 11.8 Å². The Balaban J connectivity index is 2.52. The molecule has 2 atom stereocenters. The Morgan fingerprint density at radius 2 is 2.27 bits per heavy atom. The largest absolute Gasteiger partial charge is 0.550 e. The molecule has 1 aliphatic rings. The van der Waals surface area contributed by atoms with Crippen LogP contribution in [0, 0.1) is 11.8 Å². The first kappa shape index (κ1) is 12.0. The highest BCUT2D eigenvalue weighted by atomic mass is 16.4. The van der Waals surface area contributed by atoms with Gasteiger partial charge < -0.3 is 9.90 Å². The number of hydrogen-bond donors (Lipinski definition) is 0. The van der Waals surface area contributed by atoms with Crippen molar-refractivity contribution in [1.29, 1.82) is 0 Å². The fourth-order valence-electron chi connectivity index (χ4n) is 2.17. The zero-order chi connectivity index (χ0) is 11.3. The molecule has 1 fully saturated rings. The molecule has 0 radical (unpaired) electrons. The van der Waals surface area contributed by atoms with E-state index in [4.69, 9.17) is 0 Å². The van der Waals surface area contributed by atoms with Gasteiger partial charge in [-0.3, -0.25) is 4.79 Å². The van der Waals surface area contributed by atoms with Crippen LogP contribution in [-0.4, -0.2) is 11.8 Å². The van der Waals surface area contributed by atoms with Gasteiger partial charge in [0.2, 0.25) is 0 Å². The fourth-order valence-corrected chi connectivity index (χ4v) is 2.17. The average Bonchev–Trinajstić information content (AvgIpc) is 2.49. The summed E-state index contributed by atoms with van der Waals surface area (Å²) in [6, 6.07) is 0. The lowest BCUT2D eigenvalue weighted by Crippen LogP contribution is -2.27. The van der Waals surface area contributed by atoms with Crippen molar-refractivity contribution in [3.05, 3.63) is 12.2 Å². The predicted molar refractivity (Wildman–Crippen MR) is 54.9 cm³/mol. The van der Waals surface area contributed by atoms with Gasteiger partial charge in [-0.05, 0) is 31.6 Å². The minimum Gasteiger partial charge on any atom is -0.550 e. The molecule has 3 heteroatoms. The van der Waals surface area contributed by atoms with Crippen LogP contribution in [0.15, 0.2) is 12.2 Å². The maximum atomic E-state index is 11.5. The van der Waals surface area contributed by atoms with E-state index in [1.165, 1.54) is 0 Å². The fraction of sp³-hybridized carbons (Fsp3) is 0.667. The molecule has 1 rings (SSSR count). The van der Waals surface area contributed by atoms with Gasteiger partial charge in [-0.2, -0.15) is 0 Å². The number of hydrogen-bond acceptors (Lipinski definition) is 3. The molecule has 0 spiro atoms. The normalized spacial score (nSPS) is 26.3. The van der Waals surface area contributed by atoms with Crippen LogP contribution in [0.5, 0.6) is 0 Å². The molecule has 0 amide bonds. The van der Waals surface area contributed by atoms with Crippen molar-refractivity contribution in [2.45, 2.75) is 39.0 Å². The maximum absolute atomic E-state index is 11.5. The first-order valence-corrected chi connectivity index (χ1v) is 5.52. The summed E-state index contributed by atoms with van der Waals surface area (Å²) in [6.07, 6.45) is 6.89. The van der Waals surface area contributed by atoms with Gasteiger partial charge >= 0.3 is 0 Å². The molecule has 0 heterocycles. The second kappa shape index (κ2) is 5.69. The van der Waals surface area contributed by atoms with E-state index in [9.17, 15) is 14.7 Å². The molecule has 0 bridgehead atoms. The van der Waals surface area contributed by atoms with Crippen LogP contribution < -0.4 is 5.11 Å². The molecule has 0 saturated heterocycles. The van der Waals surface area contributed by atoms with Crippen LogP contribution in [0.1, 0.15) is 39.0 Å². The quantitative estimate of drug-likeness (QED) is 0.636. The number of allylic oxidation sites excluding steroid dienone is 2. The van der Waals surface area contributed by atoms with Crippen molar-refractivity contribution in [2.24, 2.45) is 11.8 Å². The van der Waals surface area contributed by atoms with Crippen LogP contribution in [0.25, 0.3) is 0 Å². The van der Waals surface area contributed by atoms with Crippen LogP contribution in [0.4, 0.5) is 0 Å². The summed E-state index contributed by atoms with van der Waals surface area (Å²) in [6.45, 7) is 2.03. The number of carboxylic acids is 1. The average molecular weight is 209 g/mol. The van der Waals surface area contributed by atoms with Gasteiger partial charge in [-0.25, -0.2) is 0 Å². The van der Waals surface area contributed by atoms with Gasteiger partial charge in [0.25, 0.3) is 0 Å². The molecule has 0 aromatic heterocycles. The minimum atomic E-state index is -1.04. The van der Waals surface area contributed by atoms with Crippen LogP contribution >= 0.6 is 0 Å². The third-order valence-electron chi connectivity index (χ3n) is 2.97. The summed E-state index contributed by atoms with van der Waals surface area (Å²) in [5.41, 5.74) is 0. The van der Waals surface area contributed by atoms with Gasteiger partial charge in [0.05, 0.1) is 0 Å².